The van der Waals surface area contributed by atoms with Gasteiger partial charge in [0.05, 0.1) is 24.8 Å². The highest BCUT2D eigenvalue weighted by Gasteiger charge is 2.36. The molecule has 6 nitrogen and oxygen atoms in total. The number of aliphatic imine (C=N–C) groups is 1. The Kier molecular flexibility index (Phi) is 6.94. The zero-order valence-electron chi connectivity index (χ0n) is 20.8. The average Bonchev–Trinajstić information content (AvgIpc) is 3.15. The largest absolute Gasteiger partial charge is 0.497 e. The van der Waals surface area contributed by atoms with Gasteiger partial charge < -0.3 is 19.7 Å². The van der Waals surface area contributed by atoms with E-state index in [0.717, 1.165) is 42.1 Å². The minimum atomic E-state index is -0.154. The molecule has 1 unspecified atom stereocenters. The summed E-state index contributed by atoms with van der Waals surface area (Å²) >= 11 is 1.34. The molecule has 1 fully saturated rings. The van der Waals surface area contributed by atoms with E-state index >= 15 is 0 Å². The van der Waals surface area contributed by atoms with E-state index in [1.165, 1.54) is 23.0 Å². The number of methoxy groups -OCH3 is 2. The van der Waals surface area contributed by atoms with Crippen molar-refractivity contribution < 1.29 is 14.3 Å². The van der Waals surface area contributed by atoms with Gasteiger partial charge in [-0.1, -0.05) is 13.8 Å². The van der Waals surface area contributed by atoms with Crippen LogP contribution in [0.3, 0.4) is 0 Å². The van der Waals surface area contributed by atoms with Crippen molar-refractivity contribution in [3.63, 3.8) is 0 Å². The molecule has 0 saturated carbocycles. The monoisotopic (exact) mass is 479 g/mol. The minimum Gasteiger partial charge on any atom is -0.497 e. The molecule has 2 aromatic carbocycles. The second-order valence-corrected chi connectivity index (χ2v) is 10.4. The van der Waals surface area contributed by atoms with Crippen molar-refractivity contribution in [1.82, 2.24) is 5.32 Å². The number of amides is 1. The molecular formula is C27H33N3O3S. The van der Waals surface area contributed by atoms with Crippen molar-refractivity contribution in [2.45, 2.75) is 52.0 Å². The molecule has 1 atom stereocenters. The van der Waals surface area contributed by atoms with Gasteiger partial charge in [0.2, 0.25) is 0 Å². The lowest BCUT2D eigenvalue weighted by molar-refractivity contribution is -0.115. The molecule has 2 heterocycles. The zero-order valence-corrected chi connectivity index (χ0v) is 21.6. The number of hydrogen-bond acceptors (Lipinski definition) is 6. The molecule has 0 radical (unpaired) electrons. The van der Waals surface area contributed by atoms with Gasteiger partial charge >= 0.3 is 0 Å². The van der Waals surface area contributed by atoms with Crippen LogP contribution < -0.4 is 19.7 Å². The number of benzene rings is 2. The Morgan fingerprint density at radius 2 is 1.94 bits per heavy atom. The number of nitrogens with one attached hydrogen (secondary N) is 1. The van der Waals surface area contributed by atoms with E-state index in [1.54, 1.807) is 14.2 Å². The molecule has 1 N–H and O–H groups in total. The predicted molar refractivity (Wildman–Crippen MR) is 142 cm³/mol. The Labute approximate surface area is 206 Å². The molecule has 2 aliphatic heterocycles. The molecule has 34 heavy (non-hydrogen) atoms. The smallest absolute Gasteiger partial charge is 0.264 e. The summed E-state index contributed by atoms with van der Waals surface area (Å²) in [5, 5.41) is 3.43. The van der Waals surface area contributed by atoms with Crippen LogP contribution in [0.1, 0.15) is 57.6 Å². The fraction of sp³-hybridized carbons (Fsp3) is 0.407. The fourth-order valence-corrected chi connectivity index (χ4v) is 5.69. The van der Waals surface area contributed by atoms with E-state index in [0.29, 0.717) is 16.0 Å². The Morgan fingerprint density at radius 3 is 2.59 bits per heavy atom. The number of ether oxygens (including phenoxy) is 2. The predicted octanol–water partition coefficient (Wildman–Crippen LogP) is 6.10. The average molecular weight is 480 g/mol. The second kappa shape index (κ2) is 9.74. The summed E-state index contributed by atoms with van der Waals surface area (Å²) in [4.78, 5) is 20.4. The minimum absolute atomic E-state index is 0.0848. The molecule has 2 aliphatic rings. The number of nitrogens with zero attached hydrogens (tertiary/aromatic N) is 2. The standard InChI is InChI=1S/C27H33N3O3S/c1-7-12-30-22-15-23(33-6)18(13-21(22)17(2)16-27(30,3)4)14-24-25(31)29-26(34-24)28-19-8-10-20(32-5)11-9-19/h8-11,13-15,17H,7,12,16H2,1-6H3,(H,28,29,31)/b24-14+. The molecule has 1 amide bonds. The lowest BCUT2D eigenvalue weighted by Gasteiger charge is -2.47. The van der Waals surface area contributed by atoms with Crippen molar-refractivity contribution in [2.75, 3.05) is 25.7 Å². The van der Waals surface area contributed by atoms with Gasteiger partial charge in [-0.05, 0) is 86.3 Å². The summed E-state index contributed by atoms with van der Waals surface area (Å²) < 4.78 is 11.0. The molecule has 0 aromatic heterocycles. The SMILES string of the molecule is CCCN1c2cc(OC)c(/C=C3/SC(=Nc4ccc(OC)cc4)NC3=O)cc2C(C)CC1(C)C. The van der Waals surface area contributed by atoms with Crippen LogP contribution in [0, 0.1) is 0 Å². The molecule has 1 saturated heterocycles. The van der Waals surface area contributed by atoms with Crippen molar-refractivity contribution in [2.24, 2.45) is 4.99 Å². The number of amidine groups is 1. The van der Waals surface area contributed by atoms with Gasteiger partial charge in [0.25, 0.3) is 5.91 Å². The van der Waals surface area contributed by atoms with E-state index in [1.807, 2.05) is 30.3 Å². The Hall–Kier alpha value is -2.93. The highest BCUT2D eigenvalue weighted by Crippen LogP contribution is 2.46. The number of carbonyl (C=O) groups excluding carboxylic acids is 1. The van der Waals surface area contributed by atoms with Gasteiger partial charge in [0.1, 0.15) is 11.5 Å². The maximum absolute atomic E-state index is 12.7. The van der Waals surface area contributed by atoms with Crippen LogP contribution in [0.15, 0.2) is 46.3 Å². The van der Waals surface area contributed by atoms with Gasteiger partial charge in [-0.2, -0.15) is 0 Å². The normalized spacial score (nSPS) is 21.5. The molecule has 180 valence electrons. The number of thioether (sulfide) groups is 1. The number of anilines is 1. The van der Waals surface area contributed by atoms with Crippen LogP contribution in [-0.2, 0) is 4.79 Å². The first-order chi connectivity index (χ1) is 16.2. The van der Waals surface area contributed by atoms with Crippen molar-refractivity contribution in [3.05, 3.63) is 52.4 Å². The van der Waals surface area contributed by atoms with Crippen molar-refractivity contribution in [3.8, 4) is 11.5 Å². The summed E-state index contributed by atoms with van der Waals surface area (Å²) in [6, 6.07) is 11.7. The summed E-state index contributed by atoms with van der Waals surface area (Å²) in [5.74, 6) is 1.80. The van der Waals surface area contributed by atoms with E-state index < -0.39 is 0 Å². The Balaban J connectivity index is 1.67. The lowest BCUT2D eigenvalue weighted by atomic mass is 9.79. The highest BCUT2D eigenvalue weighted by atomic mass is 32.2. The molecule has 4 rings (SSSR count). The third-order valence-corrected chi connectivity index (χ3v) is 7.33. The van der Waals surface area contributed by atoms with Crippen molar-refractivity contribution >= 4 is 40.3 Å². The van der Waals surface area contributed by atoms with E-state index in [-0.39, 0.29) is 11.4 Å². The highest BCUT2D eigenvalue weighted by molar-refractivity contribution is 8.18. The van der Waals surface area contributed by atoms with Crippen LogP contribution >= 0.6 is 11.8 Å². The quantitative estimate of drug-likeness (QED) is 0.508. The van der Waals surface area contributed by atoms with E-state index in [9.17, 15) is 4.79 Å². The molecule has 7 heteroatoms. The van der Waals surface area contributed by atoms with Crippen LogP contribution in [0.4, 0.5) is 11.4 Å². The number of rotatable bonds is 6. The zero-order chi connectivity index (χ0) is 24.5. The van der Waals surface area contributed by atoms with Crippen LogP contribution in [0.5, 0.6) is 11.5 Å². The first-order valence-electron chi connectivity index (χ1n) is 11.7. The van der Waals surface area contributed by atoms with Crippen LogP contribution in [0.25, 0.3) is 6.08 Å². The third-order valence-electron chi connectivity index (χ3n) is 6.42. The summed E-state index contributed by atoms with van der Waals surface area (Å²) in [6.07, 6.45) is 4.07. The van der Waals surface area contributed by atoms with Gasteiger partial charge in [-0.15, -0.1) is 0 Å². The van der Waals surface area contributed by atoms with Crippen LogP contribution in [0.2, 0.25) is 0 Å². The molecular weight excluding hydrogens is 446 g/mol. The second-order valence-electron chi connectivity index (χ2n) is 9.40. The maximum atomic E-state index is 12.7. The summed E-state index contributed by atoms with van der Waals surface area (Å²) in [6.45, 7) is 10.1. The van der Waals surface area contributed by atoms with Gasteiger partial charge in [0.15, 0.2) is 5.17 Å². The first-order valence-corrected chi connectivity index (χ1v) is 12.5. The van der Waals surface area contributed by atoms with Gasteiger partial charge in [-0.3, -0.25) is 4.79 Å². The Bertz CT molecular complexity index is 1140. The van der Waals surface area contributed by atoms with Gasteiger partial charge in [0, 0.05) is 29.4 Å². The number of hydrogen-bond donors (Lipinski definition) is 1. The third kappa shape index (κ3) is 4.80. The first kappa shape index (κ1) is 24.2. The van der Waals surface area contributed by atoms with Gasteiger partial charge in [-0.25, -0.2) is 4.99 Å². The van der Waals surface area contributed by atoms with E-state index in [4.69, 9.17) is 9.47 Å². The maximum Gasteiger partial charge on any atom is 0.264 e. The molecule has 0 bridgehead atoms. The number of carbonyl (C=O) groups is 1. The molecule has 2 aromatic rings. The Morgan fingerprint density at radius 1 is 1.21 bits per heavy atom. The lowest BCUT2D eigenvalue weighted by Crippen LogP contribution is -2.48. The topological polar surface area (TPSA) is 63.2 Å². The van der Waals surface area contributed by atoms with Crippen molar-refractivity contribution in [1.29, 1.82) is 0 Å². The summed E-state index contributed by atoms with van der Waals surface area (Å²) in [5.41, 5.74) is 4.28. The molecule has 0 aliphatic carbocycles. The fourth-order valence-electron chi connectivity index (χ4n) is 4.86. The molecule has 0 spiro atoms. The van der Waals surface area contributed by atoms with E-state index in [2.05, 4.69) is 55.0 Å². The summed E-state index contributed by atoms with van der Waals surface area (Å²) in [7, 11) is 3.31. The number of fused-ring (bicyclic) bond motifs is 1. The van der Waals surface area contributed by atoms with Crippen LogP contribution in [-0.4, -0.2) is 37.4 Å².